The maximum absolute atomic E-state index is 12.1. The SMILES string of the molecule is O=C(Sc1cccnc1C(=O)O)c1ccccc1Cl. The van der Waals surface area contributed by atoms with E-state index in [1.54, 1.807) is 30.3 Å². The molecule has 0 aliphatic rings. The molecule has 4 nitrogen and oxygen atoms in total. The standard InChI is InChI=1S/C13H8ClNO3S/c14-9-5-2-1-4-8(9)13(18)19-10-6-3-7-15-11(10)12(16)17/h1-7H,(H,16,17). The van der Waals surface area contributed by atoms with Gasteiger partial charge in [0.15, 0.2) is 5.69 Å². The van der Waals surface area contributed by atoms with Gasteiger partial charge in [-0.05, 0) is 36.0 Å². The molecule has 2 aromatic rings. The predicted octanol–water partition coefficient (Wildman–Crippen LogP) is 3.37. The number of benzene rings is 1. The molecule has 0 aliphatic carbocycles. The largest absolute Gasteiger partial charge is 0.476 e. The van der Waals surface area contributed by atoms with Crippen LogP contribution in [0.2, 0.25) is 5.02 Å². The van der Waals surface area contributed by atoms with Crippen LogP contribution < -0.4 is 0 Å². The van der Waals surface area contributed by atoms with E-state index in [9.17, 15) is 9.59 Å². The van der Waals surface area contributed by atoms with Crippen LogP contribution in [-0.4, -0.2) is 21.2 Å². The third kappa shape index (κ3) is 3.13. The van der Waals surface area contributed by atoms with Gasteiger partial charge < -0.3 is 5.11 Å². The Kier molecular flexibility index (Phi) is 4.19. The number of hydrogen-bond donors (Lipinski definition) is 1. The Morgan fingerprint density at radius 1 is 1.16 bits per heavy atom. The number of halogens is 1. The summed E-state index contributed by atoms with van der Waals surface area (Å²) in [6, 6.07) is 9.73. The van der Waals surface area contributed by atoms with Crippen molar-refractivity contribution in [2.75, 3.05) is 0 Å². The number of aromatic carboxylic acids is 1. The molecular formula is C13H8ClNO3S. The number of thioether (sulfide) groups is 1. The molecule has 0 aliphatic heterocycles. The first-order chi connectivity index (χ1) is 9.09. The molecule has 19 heavy (non-hydrogen) atoms. The van der Waals surface area contributed by atoms with Crippen molar-refractivity contribution in [2.45, 2.75) is 4.90 Å². The maximum Gasteiger partial charge on any atom is 0.355 e. The van der Waals surface area contributed by atoms with Crippen LogP contribution in [-0.2, 0) is 0 Å². The number of rotatable bonds is 3. The van der Waals surface area contributed by atoms with E-state index in [2.05, 4.69) is 4.98 Å². The minimum Gasteiger partial charge on any atom is -0.476 e. The molecule has 0 spiro atoms. The summed E-state index contributed by atoms with van der Waals surface area (Å²) >= 11 is 6.72. The fourth-order valence-electron chi connectivity index (χ4n) is 1.42. The monoisotopic (exact) mass is 293 g/mol. The van der Waals surface area contributed by atoms with Gasteiger partial charge in [0.2, 0.25) is 5.12 Å². The Morgan fingerprint density at radius 2 is 1.89 bits per heavy atom. The lowest BCUT2D eigenvalue weighted by molar-refractivity contribution is 0.0686. The molecule has 1 heterocycles. The number of nitrogens with zero attached hydrogens (tertiary/aromatic N) is 1. The molecule has 96 valence electrons. The Morgan fingerprint density at radius 3 is 2.58 bits per heavy atom. The van der Waals surface area contributed by atoms with Gasteiger partial charge in [0.05, 0.1) is 5.02 Å². The number of carboxylic acid groups (broad SMARTS) is 1. The molecule has 0 amide bonds. The van der Waals surface area contributed by atoms with E-state index in [4.69, 9.17) is 16.7 Å². The first-order valence-electron chi connectivity index (χ1n) is 5.24. The molecule has 6 heteroatoms. The summed E-state index contributed by atoms with van der Waals surface area (Å²) in [6.45, 7) is 0. The molecule has 0 saturated heterocycles. The van der Waals surface area contributed by atoms with Crippen LogP contribution in [0.25, 0.3) is 0 Å². The smallest absolute Gasteiger partial charge is 0.355 e. The van der Waals surface area contributed by atoms with Crippen molar-refractivity contribution < 1.29 is 14.7 Å². The van der Waals surface area contributed by atoms with Gasteiger partial charge in [-0.3, -0.25) is 4.79 Å². The third-order valence-electron chi connectivity index (χ3n) is 2.27. The number of carboxylic acids is 1. The first kappa shape index (κ1) is 13.6. The van der Waals surface area contributed by atoms with Crippen molar-refractivity contribution in [1.82, 2.24) is 4.98 Å². The van der Waals surface area contributed by atoms with Gasteiger partial charge in [-0.1, -0.05) is 23.7 Å². The van der Waals surface area contributed by atoms with E-state index in [0.29, 0.717) is 15.5 Å². The minimum atomic E-state index is -1.17. The van der Waals surface area contributed by atoms with Crippen molar-refractivity contribution >= 4 is 34.4 Å². The number of carbonyl (C=O) groups is 2. The van der Waals surface area contributed by atoms with Crippen LogP contribution in [0.15, 0.2) is 47.5 Å². The second-order valence-electron chi connectivity index (χ2n) is 3.52. The van der Waals surface area contributed by atoms with Crippen LogP contribution >= 0.6 is 23.4 Å². The van der Waals surface area contributed by atoms with E-state index < -0.39 is 5.97 Å². The summed E-state index contributed by atoms with van der Waals surface area (Å²) < 4.78 is 0. The summed E-state index contributed by atoms with van der Waals surface area (Å²) in [5.74, 6) is -1.17. The highest BCUT2D eigenvalue weighted by Crippen LogP contribution is 2.28. The lowest BCUT2D eigenvalue weighted by atomic mass is 10.2. The van der Waals surface area contributed by atoms with Gasteiger partial charge in [-0.2, -0.15) is 0 Å². The lowest BCUT2D eigenvalue weighted by Crippen LogP contribution is -2.04. The number of carbonyl (C=O) groups excluding carboxylic acids is 1. The zero-order chi connectivity index (χ0) is 13.8. The molecule has 0 bridgehead atoms. The first-order valence-corrected chi connectivity index (χ1v) is 6.44. The summed E-state index contributed by atoms with van der Waals surface area (Å²) in [7, 11) is 0. The number of aromatic nitrogens is 1. The van der Waals surface area contributed by atoms with E-state index in [0.717, 1.165) is 11.8 Å². The summed E-state index contributed by atoms with van der Waals surface area (Å²) in [6.07, 6.45) is 1.37. The van der Waals surface area contributed by atoms with Crippen LogP contribution in [0.3, 0.4) is 0 Å². The van der Waals surface area contributed by atoms with Crippen LogP contribution in [0.5, 0.6) is 0 Å². The predicted molar refractivity (Wildman–Crippen MR) is 72.8 cm³/mol. The summed E-state index contributed by atoms with van der Waals surface area (Å²) in [5.41, 5.74) is 0.197. The van der Waals surface area contributed by atoms with Gasteiger partial charge in [-0.15, -0.1) is 0 Å². The quantitative estimate of drug-likeness (QED) is 0.879. The maximum atomic E-state index is 12.1. The molecule has 0 unspecified atom stereocenters. The van der Waals surface area contributed by atoms with Crippen molar-refractivity contribution in [3.63, 3.8) is 0 Å². The van der Waals surface area contributed by atoms with Crippen molar-refractivity contribution in [1.29, 1.82) is 0 Å². The molecule has 0 radical (unpaired) electrons. The van der Waals surface area contributed by atoms with Gasteiger partial charge in [0.25, 0.3) is 0 Å². The average molecular weight is 294 g/mol. The molecule has 2 rings (SSSR count). The Bertz CT molecular complexity index is 645. The van der Waals surface area contributed by atoms with Crippen LogP contribution in [0.4, 0.5) is 0 Å². The van der Waals surface area contributed by atoms with Crippen molar-refractivity contribution in [3.8, 4) is 0 Å². The Hall–Kier alpha value is -1.85. The average Bonchev–Trinajstić information content (AvgIpc) is 2.39. The topological polar surface area (TPSA) is 67.3 Å². The summed E-state index contributed by atoms with van der Waals surface area (Å²) in [4.78, 5) is 27.1. The minimum absolute atomic E-state index is 0.145. The van der Waals surface area contributed by atoms with Gasteiger partial charge >= 0.3 is 5.97 Å². The van der Waals surface area contributed by atoms with Gasteiger partial charge in [-0.25, -0.2) is 9.78 Å². The van der Waals surface area contributed by atoms with Gasteiger partial charge in [0, 0.05) is 16.7 Å². The highest BCUT2D eigenvalue weighted by molar-refractivity contribution is 8.14. The molecular weight excluding hydrogens is 286 g/mol. The zero-order valence-corrected chi connectivity index (χ0v) is 11.1. The van der Waals surface area contributed by atoms with Crippen molar-refractivity contribution in [2.24, 2.45) is 0 Å². The highest BCUT2D eigenvalue weighted by Gasteiger charge is 2.17. The molecule has 0 atom stereocenters. The molecule has 0 fully saturated rings. The van der Waals surface area contributed by atoms with E-state index in [1.165, 1.54) is 12.3 Å². The second kappa shape index (κ2) is 5.86. The van der Waals surface area contributed by atoms with E-state index in [1.807, 2.05) is 0 Å². The molecule has 0 saturated carbocycles. The van der Waals surface area contributed by atoms with E-state index >= 15 is 0 Å². The van der Waals surface area contributed by atoms with Crippen molar-refractivity contribution in [3.05, 3.63) is 58.9 Å². The van der Waals surface area contributed by atoms with Gasteiger partial charge in [0.1, 0.15) is 0 Å². The Labute approximate surface area is 118 Å². The molecule has 1 aromatic carbocycles. The fraction of sp³-hybridized carbons (Fsp3) is 0. The zero-order valence-electron chi connectivity index (χ0n) is 9.54. The van der Waals surface area contributed by atoms with E-state index in [-0.39, 0.29) is 10.8 Å². The summed E-state index contributed by atoms with van der Waals surface area (Å²) in [5, 5.41) is 9.01. The number of hydrogen-bond acceptors (Lipinski definition) is 4. The normalized spacial score (nSPS) is 10.2. The second-order valence-corrected chi connectivity index (χ2v) is 4.95. The molecule has 1 aromatic heterocycles. The Balaban J connectivity index is 2.30. The highest BCUT2D eigenvalue weighted by atomic mass is 35.5. The van der Waals surface area contributed by atoms with Crippen LogP contribution in [0.1, 0.15) is 20.8 Å². The molecule has 1 N–H and O–H groups in total. The number of pyridine rings is 1. The third-order valence-corrected chi connectivity index (χ3v) is 3.55. The lowest BCUT2D eigenvalue weighted by Gasteiger charge is -2.05. The van der Waals surface area contributed by atoms with Crippen LogP contribution in [0, 0.1) is 0 Å². The fourth-order valence-corrected chi connectivity index (χ4v) is 2.56.